The van der Waals surface area contributed by atoms with Gasteiger partial charge in [-0.1, -0.05) is 18.2 Å². The summed E-state index contributed by atoms with van der Waals surface area (Å²) in [6, 6.07) is 3.20. The lowest BCUT2D eigenvalue weighted by Crippen LogP contribution is -2.37. The Kier molecular flexibility index (Phi) is 6.92. The standard InChI is InChI=1S/C20H11F9N2O/c21-18(22,23)14-3-1-2-12(9-14)17(20(27,28)29)31-16(32)7-5-11-4-6-13(10-30)15(8-11)19(24,25)26/h1-9,17H,(H,31,32). The van der Waals surface area contributed by atoms with Gasteiger partial charge in [-0.15, -0.1) is 0 Å². The summed E-state index contributed by atoms with van der Waals surface area (Å²) in [5.74, 6) is -1.41. The molecule has 2 aromatic carbocycles. The molecule has 1 unspecified atom stereocenters. The maximum atomic E-state index is 13.3. The zero-order chi connectivity index (χ0) is 24.3. The SMILES string of the molecule is N#Cc1ccc(C=CC(=O)NC(c2cccc(C(F)(F)F)c2)C(F)(F)F)cc1C(F)(F)F. The number of nitrogens with zero attached hydrogens (tertiary/aromatic N) is 1. The maximum Gasteiger partial charge on any atom is 0.417 e. The second-order valence-electron chi connectivity index (χ2n) is 6.35. The molecule has 0 bridgehead atoms. The summed E-state index contributed by atoms with van der Waals surface area (Å²) in [5.41, 5.74) is -4.48. The van der Waals surface area contributed by atoms with Gasteiger partial charge in [-0.3, -0.25) is 4.79 Å². The number of carbonyl (C=O) groups is 1. The monoisotopic (exact) mass is 466 g/mol. The van der Waals surface area contributed by atoms with Crippen LogP contribution in [0.25, 0.3) is 6.08 Å². The van der Waals surface area contributed by atoms with E-state index in [9.17, 15) is 44.3 Å². The summed E-state index contributed by atoms with van der Waals surface area (Å²) in [6.07, 6.45) is -13.7. The van der Waals surface area contributed by atoms with Crippen molar-refractivity contribution in [2.75, 3.05) is 0 Å². The van der Waals surface area contributed by atoms with Gasteiger partial charge in [0.05, 0.1) is 22.8 Å². The van der Waals surface area contributed by atoms with Crippen molar-refractivity contribution in [3.05, 3.63) is 76.4 Å². The summed E-state index contributed by atoms with van der Waals surface area (Å²) < 4.78 is 117. The zero-order valence-corrected chi connectivity index (χ0v) is 15.5. The van der Waals surface area contributed by atoms with E-state index in [4.69, 9.17) is 5.26 Å². The van der Waals surface area contributed by atoms with Crippen molar-refractivity contribution >= 4 is 12.0 Å². The molecule has 2 aromatic rings. The first kappa shape index (κ1) is 24.8. The van der Waals surface area contributed by atoms with Gasteiger partial charge in [0, 0.05) is 6.08 Å². The average molecular weight is 466 g/mol. The predicted molar refractivity (Wildman–Crippen MR) is 93.6 cm³/mol. The molecule has 3 nitrogen and oxygen atoms in total. The second kappa shape index (κ2) is 8.94. The lowest BCUT2D eigenvalue weighted by Gasteiger charge is -2.22. The summed E-state index contributed by atoms with van der Waals surface area (Å²) in [5, 5.41) is 10.2. The molecule has 0 heterocycles. The number of rotatable bonds is 4. The van der Waals surface area contributed by atoms with Crippen LogP contribution in [0.3, 0.4) is 0 Å². The number of alkyl halides is 9. The van der Waals surface area contributed by atoms with E-state index in [-0.39, 0.29) is 11.6 Å². The molecule has 0 aromatic heterocycles. The van der Waals surface area contributed by atoms with Crippen LogP contribution >= 0.6 is 0 Å². The Morgan fingerprint density at radius 1 is 0.938 bits per heavy atom. The Bertz CT molecular complexity index is 1060. The highest BCUT2D eigenvalue weighted by Gasteiger charge is 2.42. The predicted octanol–water partition coefficient (Wildman–Crippen LogP) is 6.03. The maximum absolute atomic E-state index is 13.3. The average Bonchev–Trinajstić information content (AvgIpc) is 2.68. The quantitative estimate of drug-likeness (QED) is 0.442. The topological polar surface area (TPSA) is 52.9 Å². The Morgan fingerprint density at radius 3 is 2.12 bits per heavy atom. The fraction of sp³-hybridized carbons (Fsp3) is 0.200. The van der Waals surface area contributed by atoms with E-state index in [1.807, 2.05) is 0 Å². The van der Waals surface area contributed by atoms with Crippen molar-refractivity contribution < 1.29 is 44.3 Å². The number of hydrogen-bond donors (Lipinski definition) is 1. The molecule has 0 fully saturated rings. The highest BCUT2D eigenvalue weighted by Crippen LogP contribution is 2.36. The van der Waals surface area contributed by atoms with E-state index < -0.39 is 52.7 Å². The number of benzene rings is 2. The molecule has 0 saturated heterocycles. The summed E-state index contributed by atoms with van der Waals surface area (Å²) in [6.45, 7) is 0. The van der Waals surface area contributed by atoms with Crippen molar-refractivity contribution in [3.63, 3.8) is 0 Å². The molecule has 12 heteroatoms. The molecule has 0 aliphatic rings. The van der Waals surface area contributed by atoms with E-state index in [0.717, 1.165) is 30.3 Å². The minimum absolute atomic E-state index is 0.234. The van der Waals surface area contributed by atoms with Gasteiger partial charge in [0.1, 0.15) is 0 Å². The molecule has 2 rings (SSSR count). The third kappa shape index (κ3) is 6.26. The number of nitrogens with one attached hydrogen (secondary N) is 1. The molecular formula is C20H11F9N2O. The van der Waals surface area contributed by atoms with Crippen LogP contribution in [0.5, 0.6) is 0 Å². The second-order valence-corrected chi connectivity index (χ2v) is 6.35. The van der Waals surface area contributed by atoms with Gasteiger partial charge >= 0.3 is 18.5 Å². The van der Waals surface area contributed by atoms with Crippen molar-refractivity contribution in [3.8, 4) is 6.07 Å². The zero-order valence-electron chi connectivity index (χ0n) is 15.5. The van der Waals surface area contributed by atoms with Crippen molar-refractivity contribution in [1.29, 1.82) is 5.26 Å². The van der Waals surface area contributed by atoms with E-state index in [1.54, 1.807) is 0 Å². The summed E-state index contributed by atoms with van der Waals surface area (Å²) in [7, 11) is 0. The molecule has 0 saturated carbocycles. The summed E-state index contributed by atoms with van der Waals surface area (Å²) >= 11 is 0. The largest absolute Gasteiger partial charge is 0.417 e. The first-order valence-corrected chi connectivity index (χ1v) is 8.46. The first-order chi connectivity index (χ1) is 14.6. The van der Waals surface area contributed by atoms with Gasteiger partial charge in [0.15, 0.2) is 6.04 Å². The molecular weight excluding hydrogens is 455 g/mol. The number of amides is 1. The molecule has 0 spiro atoms. The Labute approximate surface area is 174 Å². The normalized spacial score (nSPS) is 13.6. The minimum atomic E-state index is -5.16. The summed E-state index contributed by atoms with van der Waals surface area (Å²) in [4.78, 5) is 11.9. The van der Waals surface area contributed by atoms with Gasteiger partial charge in [0.2, 0.25) is 5.91 Å². The van der Waals surface area contributed by atoms with E-state index in [1.165, 1.54) is 11.4 Å². The molecule has 1 atom stereocenters. The van der Waals surface area contributed by atoms with E-state index in [0.29, 0.717) is 18.2 Å². The molecule has 1 amide bonds. The van der Waals surface area contributed by atoms with Gasteiger partial charge < -0.3 is 5.32 Å². The van der Waals surface area contributed by atoms with E-state index in [2.05, 4.69) is 0 Å². The Morgan fingerprint density at radius 2 is 1.59 bits per heavy atom. The van der Waals surface area contributed by atoms with Gasteiger partial charge in [-0.25, -0.2) is 0 Å². The van der Waals surface area contributed by atoms with Gasteiger partial charge in [-0.2, -0.15) is 44.8 Å². The van der Waals surface area contributed by atoms with Crippen LogP contribution in [0.1, 0.15) is 33.9 Å². The Balaban J connectivity index is 2.30. The lowest BCUT2D eigenvalue weighted by atomic mass is 10.0. The van der Waals surface area contributed by atoms with E-state index >= 15 is 0 Å². The van der Waals surface area contributed by atoms with Crippen molar-refractivity contribution in [2.24, 2.45) is 0 Å². The first-order valence-electron chi connectivity index (χ1n) is 8.46. The van der Waals surface area contributed by atoms with Gasteiger partial charge in [-0.05, 0) is 41.5 Å². The van der Waals surface area contributed by atoms with Crippen LogP contribution in [-0.2, 0) is 17.1 Å². The van der Waals surface area contributed by atoms with Crippen LogP contribution in [0.4, 0.5) is 39.5 Å². The number of carbonyl (C=O) groups excluding carboxylic acids is 1. The highest BCUT2D eigenvalue weighted by molar-refractivity contribution is 5.92. The third-order valence-corrected chi connectivity index (χ3v) is 4.06. The number of hydrogen-bond acceptors (Lipinski definition) is 2. The van der Waals surface area contributed by atoms with Crippen LogP contribution < -0.4 is 5.32 Å². The molecule has 0 radical (unpaired) electrons. The van der Waals surface area contributed by atoms with Crippen LogP contribution in [0.2, 0.25) is 0 Å². The van der Waals surface area contributed by atoms with Gasteiger partial charge in [0.25, 0.3) is 0 Å². The molecule has 170 valence electrons. The van der Waals surface area contributed by atoms with Crippen molar-refractivity contribution in [2.45, 2.75) is 24.6 Å². The fourth-order valence-electron chi connectivity index (χ4n) is 2.61. The minimum Gasteiger partial charge on any atom is -0.337 e. The lowest BCUT2D eigenvalue weighted by molar-refractivity contribution is -0.162. The smallest absolute Gasteiger partial charge is 0.337 e. The molecule has 32 heavy (non-hydrogen) atoms. The fourth-order valence-corrected chi connectivity index (χ4v) is 2.61. The Hall–Kier alpha value is -3.49. The molecule has 0 aliphatic carbocycles. The molecule has 1 N–H and O–H groups in total. The number of nitriles is 1. The number of halogens is 9. The molecule has 0 aliphatic heterocycles. The van der Waals surface area contributed by atoms with Crippen molar-refractivity contribution in [1.82, 2.24) is 5.32 Å². The highest BCUT2D eigenvalue weighted by atomic mass is 19.4. The van der Waals surface area contributed by atoms with Crippen LogP contribution in [-0.4, -0.2) is 12.1 Å². The van der Waals surface area contributed by atoms with Crippen LogP contribution in [0, 0.1) is 11.3 Å². The third-order valence-electron chi connectivity index (χ3n) is 4.06. The van der Waals surface area contributed by atoms with Crippen LogP contribution in [0.15, 0.2) is 48.5 Å².